The lowest BCUT2D eigenvalue weighted by Crippen LogP contribution is -2.53. The molecule has 6 rings (SSSR count). The van der Waals surface area contributed by atoms with Crippen molar-refractivity contribution >= 4 is 22.4 Å². The van der Waals surface area contributed by atoms with Gasteiger partial charge in [0.25, 0.3) is 5.56 Å². The summed E-state index contributed by atoms with van der Waals surface area (Å²) in [6.07, 6.45) is 5.38. The topological polar surface area (TPSA) is 88.0 Å². The van der Waals surface area contributed by atoms with Crippen LogP contribution in [0.25, 0.3) is 10.9 Å². The zero-order chi connectivity index (χ0) is 22.5. The molecule has 2 unspecified atom stereocenters. The predicted molar refractivity (Wildman–Crippen MR) is 125 cm³/mol. The van der Waals surface area contributed by atoms with Crippen molar-refractivity contribution in [2.45, 2.75) is 44.3 Å². The highest BCUT2D eigenvalue weighted by molar-refractivity contribution is 5.94. The maximum Gasteiger partial charge on any atom is 0.253 e. The molecule has 2 aromatic heterocycles. The number of aromatic nitrogens is 2. The molecule has 2 fully saturated rings. The highest BCUT2D eigenvalue weighted by Crippen LogP contribution is 2.35. The third kappa shape index (κ3) is 3.44. The molecule has 168 valence electrons. The van der Waals surface area contributed by atoms with Gasteiger partial charge >= 0.3 is 0 Å². The normalized spacial score (nSPS) is 22.1. The van der Waals surface area contributed by atoms with E-state index in [2.05, 4.69) is 31.2 Å². The Hall–Kier alpha value is -3.44. The summed E-state index contributed by atoms with van der Waals surface area (Å²) in [4.78, 5) is 24.7. The van der Waals surface area contributed by atoms with Crippen LogP contribution >= 0.6 is 0 Å². The minimum atomic E-state index is -0.280. The van der Waals surface area contributed by atoms with E-state index >= 15 is 4.39 Å². The number of pyridine rings is 2. The van der Waals surface area contributed by atoms with Crippen LogP contribution in [0.4, 0.5) is 15.9 Å². The fourth-order valence-electron chi connectivity index (χ4n) is 5.77. The second-order valence-electron chi connectivity index (χ2n) is 9.32. The summed E-state index contributed by atoms with van der Waals surface area (Å²) in [6, 6.07) is 10.1. The van der Waals surface area contributed by atoms with E-state index in [0.717, 1.165) is 50.3 Å². The quantitative estimate of drug-likeness (QED) is 0.645. The van der Waals surface area contributed by atoms with Gasteiger partial charge in [-0.25, -0.2) is 9.37 Å². The summed E-state index contributed by atoms with van der Waals surface area (Å²) in [5.41, 5.74) is 3.21. The van der Waals surface area contributed by atoms with Crippen LogP contribution in [0.15, 0.2) is 35.3 Å². The van der Waals surface area contributed by atoms with Gasteiger partial charge in [-0.1, -0.05) is 0 Å². The summed E-state index contributed by atoms with van der Waals surface area (Å²) < 4.78 is 15.3. The van der Waals surface area contributed by atoms with Crippen molar-refractivity contribution in [3.05, 3.63) is 63.3 Å². The average Bonchev–Trinajstić information content (AvgIpc) is 3.05. The first kappa shape index (κ1) is 20.2. The number of halogens is 1. The molecule has 2 saturated heterocycles. The molecule has 2 atom stereocenters. The monoisotopic (exact) mass is 444 g/mol. The standard InChI is InChI=1S/C25H25FN6O/c26-20-8-16(9-21-23(20)24-19(25(33)30-21)2-1-7-28-24)12-32-17-4-5-18(32)14-31(13-17)22-6-3-15(10-27)11-29-22/h3,6,8-9,11,17-18,28H,1-2,4-5,7,12-14H2,(H,30,33). The Morgan fingerprint density at radius 1 is 1.21 bits per heavy atom. The Bertz CT molecular complexity index is 1310. The Kier molecular flexibility index (Phi) is 4.80. The van der Waals surface area contributed by atoms with Crippen LogP contribution < -0.4 is 15.8 Å². The smallest absolute Gasteiger partial charge is 0.253 e. The minimum Gasteiger partial charge on any atom is -0.384 e. The van der Waals surface area contributed by atoms with Crippen molar-refractivity contribution in [2.75, 3.05) is 29.9 Å². The van der Waals surface area contributed by atoms with Crippen LogP contribution in [0.2, 0.25) is 0 Å². The lowest BCUT2D eigenvalue weighted by Gasteiger charge is -2.41. The number of hydrogen-bond donors (Lipinski definition) is 2. The van der Waals surface area contributed by atoms with Crippen molar-refractivity contribution in [2.24, 2.45) is 0 Å². The summed E-state index contributed by atoms with van der Waals surface area (Å²) in [6.45, 7) is 3.14. The van der Waals surface area contributed by atoms with Crippen molar-refractivity contribution in [3.63, 3.8) is 0 Å². The maximum absolute atomic E-state index is 15.3. The molecule has 2 N–H and O–H groups in total. The van der Waals surface area contributed by atoms with Crippen molar-refractivity contribution in [1.29, 1.82) is 5.26 Å². The number of nitrogens with zero attached hydrogens (tertiary/aromatic N) is 4. The van der Waals surface area contributed by atoms with Gasteiger partial charge in [-0.3, -0.25) is 9.69 Å². The van der Waals surface area contributed by atoms with Crippen LogP contribution in [0, 0.1) is 17.1 Å². The van der Waals surface area contributed by atoms with Gasteiger partial charge in [-0.15, -0.1) is 0 Å². The molecule has 1 aromatic carbocycles. The van der Waals surface area contributed by atoms with Crippen LogP contribution in [0.3, 0.4) is 0 Å². The molecule has 3 aliphatic rings. The highest BCUT2D eigenvalue weighted by atomic mass is 19.1. The molecule has 33 heavy (non-hydrogen) atoms. The molecule has 7 nitrogen and oxygen atoms in total. The van der Waals surface area contributed by atoms with Crippen molar-refractivity contribution in [3.8, 4) is 6.07 Å². The molecule has 3 aromatic rings. The molecule has 5 heterocycles. The van der Waals surface area contributed by atoms with Crippen molar-refractivity contribution < 1.29 is 4.39 Å². The fraction of sp³-hybridized carbons (Fsp3) is 0.400. The molecule has 0 saturated carbocycles. The van der Waals surface area contributed by atoms with Gasteiger partial charge in [-0.2, -0.15) is 5.26 Å². The Morgan fingerprint density at radius 2 is 2.03 bits per heavy atom. The van der Waals surface area contributed by atoms with E-state index in [0.29, 0.717) is 52.8 Å². The van der Waals surface area contributed by atoms with Crippen LogP contribution in [0.1, 0.15) is 36.0 Å². The lowest BCUT2D eigenvalue weighted by molar-refractivity contribution is 0.160. The van der Waals surface area contributed by atoms with Gasteiger partial charge in [0, 0.05) is 50.0 Å². The molecule has 2 bridgehead atoms. The van der Waals surface area contributed by atoms with E-state index in [1.54, 1.807) is 12.3 Å². The number of H-pyrrole nitrogens is 1. The fourth-order valence-corrected chi connectivity index (χ4v) is 5.77. The van der Waals surface area contributed by atoms with Gasteiger partial charge in [0.05, 0.1) is 22.2 Å². The van der Waals surface area contributed by atoms with E-state index in [-0.39, 0.29) is 11.4 Å². The third-order valence-electron chi connectivity index (χ3n) is 7.33. The Balaban J connectivity index is 1.26. The number of rotatable bonds is 3. The molecule has 0 aliphatic carbocycles. The van der Waals surface area contributed by atoms with Gasteiger partial charge in [0.2, 0.25) is 0 Å². The predicted octanol–water partition coefficient (Wildman–Crippen LogP) is 3.15. The van der Waals surface area contributed by atoms with E-state index in [1.165, 1.54) is 0 Å². The zero-order valence-electron chi connectivity index (χ0n) is 18.3. The van der Waals surface area contributed by atoms with Crippen molar-refractivity contribution in [1.82, 2.24) is 14.9 Å². The lowest BCUT2D eigenvalue weighted by atomic mass is 10.00. The van der Waals surface area contributed by atoms with Gasteiger partial charge < -0.3 is 15.2 Å². The molecular weight excluding hydrogens is 419 g/mol. The second kappa shape index (κ2) is 7.85. The summed E-state index contributed by atoms with van der Waals surface area (Å²) in [5.74, 6) is 0.620. The number of hydrogen-bond acceptors (Lipinski definition) is 6. The van der Waals surface area contributed by atoms with Crippen LogP contribution in [0.5, 0.6) is 0 Å². The number of nitriles is 1. The maximum atomic E-state index is 15.3. The molecular formula is C25H25FN6O. The first-order valence-corrected chi connectivity index (χ1v) is 11.6. The first-order chi connectivity index (χ1) is 16.1. The molecule has 0 radical (unpaired) electrons. The number of piperazine rings is 1. The van der Waals surface area contributed by atoms with Gasteiger partial charge in [-0.05, 0) is 55.5 Å². The number of fused-ring (bicyclic) bond motifs is 5. The van der Waals surface area contributed by atoms with Crippen LogP contribution in [-0.4, -0.2) is 46.6 Å². The first-order valence-electron chi connectivity index (χ1n) is 11.6. The highest BCUT2D eigenvalue weighted by Gasteiger charge is 2.40. The number of aromatic amines is 1. The summed E-state index contributed by atoms with van der Waals surface area (Å²) >= 11 is 0. The zero-order valence-corrected chi connectivity index (χ0v) is 18.3. The van der Waals surface area contributed by atoms with E-state index in [1.807, 2.05) is 18.2 Å². The minimum absolute atomic E-state index is 0.121. The number of nitrogens with one attached hydrogen (secondary N) is 2. The molecule has 3 aliphatic heterocycles. The number of benzene rings is 1. The van der Waals surface area contributed by atoms with E-state index in [9.17, 15) is 4.79 Å². The van der Waals surface area contributed by atoms with Gasteiger partial charge in [0.1, 0.15) is 17.7 Å². The third-order valence-corrected chi connectivity index (χ3v) is 7.33. The molecule has 0 amide bonds. The average molecular weight is 445 g/mol. The van der Waals surface area contributed by atoms with E-state index in [4.69, 9.17) is 5.26 Å². The second-order valence-corrected chi connectivity index (χ2v) is 9.32. The van der Waals surface area contributed by atoms with E-state index < -0.39 is 0 Å². The number of anilines is 2. The molecule has 0 spiro atoms. The largest absolute Gasteiger partial charge is 0.384 e. The summed E-state index contributed by atoms with van der Waals surface area (Å²) in [5, 5.41) is 12.7. The summed E-state index contributed by atoms with van der Waals surface area (Å²) in [7, 11) is 0. The Labute approximate surface area is 190 Å². The van der Waals surface area contributed by atoms with Gasteiger partial charge in [0.15, 0.2) is 0 Å². The molecule has 8 heteroatoms. The van der Waals surface area contributed by atoms with Crippen LogP contribution in [-0.2, 0) is 13.0 Å². The Morgan fingerprint density at radius 3 is 2.76 bits per heavy atom. The SMILES string of the molecule is N#Cc1ccc(N2CC3CCC(C2)N3Cc2cc(F)c3c4c(c(=O)[nH]c3c2)CCCN4)nc1.